The molecule has 1 unspecified atom stereocenters. The largest absolute Gasteiger partial charge is 0.480 e. The maximum absolute atomic E-state index is 12.2. The van der Waals surface area contributed by atoms with Crippen molar-refractivity contribution in [2.24, 2.45) is 0 Å². The second kappa shape index (κ2) is 5.16. The quantitative estimate of drug-likeness (QED) is 0.480. The molecule has 106 valence electrons. The summed E-state index contributed by atoms with van der Waals surface area (Å²) in [5.74, 6) is -1.60. The standard InChI is InChI=1S/C12H13N3O5/c13-8-4-3-7(6-10(8)15(19)20)11(16)14-5-1-2-9(14)12(17)18/h3-4,6,9H,1-2,5,13H2,(H,17,18). The first-order valence-electron chi connectivity index (χ1n) is 5.99. The number of carboxylic acids is 1. The highest BCUT2D eigenvalue weighted by Gasteiger charge is 2.34. The monoisotopic (exact) mass is 279 g/mol. The SMILES string of the molecule is Nc1ccc(C(=O)N2CCCC2C(=O)O)cc1[N+](=O)[O-]. The predicted octanol–water partition coefficient (Wildman–Crippen LogP) is 0.866. The molecule has 3 N–H and O–H groups in total. The van der Waals surface area contributed by atoms with Gasteiger partial charge in [0.25, 0.3) is 11.6 Å². The van der Waals surface area contributed by atoms with E-state index in [1.165, 1.54) is 17.0 Å². The summed E-state index contributed by atoms with van der Waals surface area (Å²) in [6.45, 7) is 0.327. The number of carboxylic acid groups (broad SMARTS) is 1. The molecule has 1 fully saturated rings. The number of carbonyl (C=O) groups excluding carboxylic acids is 1. The number of amides is 1. The van der Waals surface area contributed by atoms with Gasteiger partial charge in [-0.1, -0.05) is 0 Å². The van der Waals surface area contributed by atoms with E-state index in [2.05, 4.69) is 0 Å². The van der Waals surface area contributed by atoms with Crippen LogP contribution < -0.4 is 5.73 Å². The number of nitrogen functional groups attached to an aromatic ring is 1. The number of hydrogen-bond donors (Lipinski definition) is 2. The van der Waals surface area contributed by atoms with Crippen LogP contribution in [0.5, 0.6) is 0 Å². The van der Waals surface area contributed by atoms with E-state index in [-0.39, 0.29) is 16.9 Å². The molecule has 1 aliphatic rings. The number of nitro groups is 1. The molecule has 1 aliphatic heterocycles. The van der Waals surface area contributed by atoms with E-state index in [9.17, 15) is 19.7 Å². The third-order valence-electron chi connectivity index (χ3n) is 3.27. The van der Waals surface area contributed by atoms with Crippen LogP contribution in [0.4, 0.5) is 11.4 Å². The molecule has 0 bridgehead atoms. The molecular formula is C12H13N3O5. The Hall–Kier alpha value is -2.64. The third-order valence-corrected chi connectivity index (χ3v) is 3.27. The Morgan fingerprint density at radius 1 is 1.45 bits per heavy atom. The van der Waals surface area contributed by atoms with E-state index in [4.69, 9.17) is 10.8 Å². The van der Waals surface area contributed by atoms with Crippen LogP contribution in [0.1, 0.15) is 23.2 Å². The molecule has 1 heterocycles. The Labute approximate surface area is 113 Å². The molecule has 2 rings (SSSR count). The highest BCUT2D eigenvalue weighted by molar-refractivity contribution is 5.98. The van der Waals surface area contributed by atoms with Crippen molar-refractivity contribution in [3.63, 3.8) is 0 Å². The summed E-state index contributed by atoms with van der Waals surface area (Å²) in [5, 5.41) is 19.8. The minimum absolute atomic E-state index is 0.0391. The second-order valence-corrected chi connectivity index (χ2v) is 4.53. The maximum Gasteiger partial charge on any atom is 0.326 e. The number of nitro benzene ring substituents is 1. The van der Waals surface area contributed by atoms with Crippen LogP contribution in [-0.2, 0) is 4.79 Å². The molecule has 0 aromatic heterocycles. The summed E-state index contributed by atoms with van der Waals surface area (Å²) in [5.41, 5.74) is 5.13. The normalized spacial score (nSPS) is 18.0. The molecule has 8 heteroatoms. The zero-order valence-corrected chi connectivity index (χ0v) is 10.5. The van der Waals surface area contributed by atoms with E-state index >= 15 is 0 Å². The highest BCUT2D eigenvalue weighted by atomic mass is 16.6. The van der Waals surface area contributed by atoms with E-state index in [1.807, 2.05) is 0 Å². The van der Waals surface area contributed by atoms with Gasteiger partial charge in [-0.05, 0) is 25.0 Å². The van der Waals surface area contributed by atoms with Gasteiger partial charge in [0.05, 0.1) is 4.92 Å². The van der Waals surface area contributed by atoms with Gasteiger partial charge in [0, 0.05) is 18.2 Å². The number of likely N-dealkylation sites (tertiary alicyclic amines) is 1. The van der Waals surface area contributed by atoms with Gasteiger partial charge in [-0.15, -0.1) is 0 Å². The molecule has 1 amide bonds. The van der Waals surface area contributed by atoms with Gasteiger partial charge in [-0.2, -0.15) is 0 Å². The molecule has 1 saturated heterocycles. The topological polar surface area (TPSA) is 127 Å². The number of nitrogens with zero attached hydrogens (tertiary/aromatic N) is 2. The first-order chi connectivity index (χ1) is 9.41. The number of rotatable bonds is 3. The van der Waals surface area contributed by atoms with E-state index in [1.54, 1.807) is 0 Å². The molecule has 0 saturated carbocycles. The predicted molar refractivity (Wildman–Crippen MR) is 69.2 cm³/mol. The average Bonchev–Trinajstić information content (AvgIpc) is 2.87. The van der Waals surface area contributed by atoms with Gasteiger partial charge in [0.1, 0.15) is 11.7 Å². The molecule has 20 heavy (non-hydrogen) atoms. The van der Waals surface area contributed by atoms with E-state index in [0.717, 1.165) is 6.07 Å². The summed E-state index contributed by atoms with van der Waals surface area (Å²) in [7, 11) is 0. The lowest BCUT2D eigenvalue weighted by Gasteiger charge is -2.21. The van der Waals surface area contributed by atoms with E-state index < -0.39 is 22.8 Å². The van der Waals surface area contributed by atoms with Crippen molar-refractivity contribution in [3.8, 4) is 0 Å². The van der Waals surface area contributed by atoms with Gasteiger partial charge >= 0.3 is 5.97 Å². The first-order valence-corrected chi connectivity index (χ1v) is 5.99. The van der Waals surface area contributed by atoms with Gasteiger partial charge in [0.2, 0.25) is 0 Å². The van der Waals surface area contributed by atoms with Crippen molar-refractivity contribution in [2.45, 2.75) is 18.9 Å². The van der Waals surface area contributed by atoms with Crippen molar-refractivity contribution < 1.29 is 19.6 Å². The fourth-order valence-electron chi connectivity index (χ4n) is 2.27. The van der Waals surface area contributed by atoms with Crippen molar-refractivity contribution >= 4 is 23.3 Å². The zero-order valence-electron chi connectivity index (χ0n) is 10.5. The number of carbonyl (C=O) groups is 2. The number of aliphatic carboxylic acids is 1. The molecule has 0 aliphatic carbocycles. The minimum Gasteiger partial charge on any atom is -0.480 e. The lowest BCUT2D eigenvalue weighted by atomic mass is 10.1. The fraction of sp³-hybridized carbons (Fsp3) is 0.333. The van der Waals surface area contributed by atoms with Crippen LogP contribution in [0, 0.1) is 10.1 Å². The van der Waals surface area contributed by atoms with Crippen LogP contribution in [0.2, 0.25) is 0 Å². The van der Waals surface area contributed by atoms with Gasteiger partial charge in [-0.25, -0.2) is 4.79 Å². The second-order valence-electron chi connectivity index (χ2n) is 4.53. The molecular weight excluding hydrogens is 266 g/mol. The van der Waals surface area contributed by atoms with Crippen LogP contribution >= 0.6 is 0 Å². The zero-order chi connectivity index (χ0) is 14.9. The average molecular weight is 279 g/mol. The Kier molecular flexibility index (Phi) is 3.55. The summed E-state index contributed by atoms with van der Waals surface area (Å²) >= 11 is 0. The fourth-order valence-corrected chi connectivity index (χ4v) is 2.27. The Morgan fingerprint density at radius 3 is 2.75 bits per heavy atom. The Bertz CT molecular complexity index is 586. The van der Waals surface area contributed by atoms with Crippen LogP contribution in [0.3, 0.4) is 0 Å². The molecule has 0 radical (unpaired) electrons. The van der Waals surface area contributed by atoms with Gasteiger partial charge in [-0.3, -0.25) is 14.9 Å². The Balaban J connectivity index is 2.32. The van der Waals surface area contributed by atoms with Gasteiger partial charge < -0.3 is 15.7 Å². The van der Waals surface area contributed by atoms with Crippen molar-refractivity contribution in [3.05, 3.63) is 33.9 Å². The molecule has 1 aromatic carbocycles. The summed E-state index contributed by atoms with van der Waals surface area (Å²) in [6, 6.07) is 2.84. The van der Waals surface area contributed by atoms with Crippen LogP contribution in [-0.4, -0.2) is 39.4 Å². The lowest BCUT2D eigenvalue weighted by molar-refractivity contribution is -0.383. The molecule has 8 nitrogen and oxygen atoms in total. The number of benzene rings is 1. The number of anilines is 1. The van der Waals surface area contributed by atoms with E-state index in [0.29, 0.717) is 19.4 Å². The number of hydrogen-bond acceptors (Lipinski definition) is 5. The molecule has 0 spiro atoms. The lowest BCUT2D eigenvalue weighted by Crippen LogP contribution is -2.40. The van der Waals surface area contributed by atoms with Crippen LogP contribution in [0.25, 0.3) is 0 Å². The summed E-state index contributed by atoms with van der Waals surface area (Å²) < 4.78 is 0. The Morgan fingerprint density at radius 2 is 2.15 bits per heavy atom. The first kappa shape index (κ1) is 13.8. The summed E-state index contributed by atoms with van der Waals surface area (Å²) in [4.78, 5) is 34.6. The van der Waals surface area contributed by atoms with Crippen molar-refractivity contribution in [1.29, 1.82) is 0 Å². The number of nitrogens with two attached hydrogens (primary N) is 1. The molecule has 1 aromatic rings. The highest BCUT2D eigenvalue weighted by Crippen LogP contribution is 2.25. The smallest absolute Gasteiger partial charge is 0.326 e. The maximum atomic E-state index is 12.2. The van der Waals surface area contributed by atoms with Crippen molar-refractivity contribution in [2.75, 3.05) is 12.3 Å². The third kappa shape index (κ3) is 2.40. The molecule has 1 atom stereocenters. The minimum atomic E-state index is -1.07. The summed E-state index contributed by atoms with van der Waals surface area (Å²) in [6.07, 6.45) is 0.984. The van der Waals surface area contributed by atoms with Crippen LogP contribution in [0.15, 0.2) is 18.2 Å². The van der Waals surface area contributed by atoms with Crippen molar-refractivity contribution in [1.82, 2.24) is 4.90 Å². The van der Waals surface area contributed by atoms with Gasteiger partial charge in [0.15, 0.2) is 0 Å².